The van der Waals surface area contributed by atoms with Gasteiger partial charge < -0.3 is 49.6 Å². The van der Waals surface area contributed by atoms with Crippen molar-refractivity contribution in [2.75, 3.05) is 34.4 Å². The number of benzene rings is 3. The van der Waals surface area contributed by atoms with E-state index in [0.717, 1.165) is 75.8 Å². The van der Waals surface area contributed by atoms with Gasteiger partial charge >= 0.3 is 12.2 Å². The number of nitrogens with one attached hydrogen (secondary N) is 5. The minimum atomic E-state index is -0.901. The summed E-state index contributed by atoms with van der Waals surface area (Å²) in [5.74, 6) is 0.945. The Morgan fingerprint density at radius 3 is 1.77 bits per heavy atom. The van der Waals surface area contributed by atoms with Gasteiger partial charge in [-0.1, -0.05) is 66.7 Å². The Bertz CT molecular complexity index is 2530. The molecule has 0 unspecified atom stereocenters. The number of nitrogens with zero attached hydrogens (tertiary/aromatic N) is 4. The van der Waals surface area contributed by atoms with Gasteiger partial charge in [0.2, 0.25) is 11.8 Å². The van der Waals surface area contributed by atoms with Crippen LogP contribution in [0.1, 0.15) is 61.9 Å². The van der Waals surface area contributed by atoms with Crippen LogP contribution >= 0.6 is 0 Å². The Hall–Kier alpha value is -6.94. The third-order valence-electron chi connectivity index (χ3n) is 12.1. The fraction of sp³-hybridized carbons (Fsp3) is 0.348. The number of H-pyrrole nitrogens is 3. The summed E-state index contributed by atoms with van der Waals surface area (Å²) in [4.78, 5) is 75.3. The summed E-state index contributed by atoms with van der Waals surface area (Å²) >= 11 is 0. The summed E-state index contributed by atoms with van der Waals surface area (Å²) in [6.07, 6.45) is 6.96. The van der Waals surface area contributed by atoms with Crippen LogP contribution in [0.15, 0.2) is 91.4 Å². The van der Waals surface area contributed by atoms with Gasteiger partial charge in [0.05, 0.1) is 56.2 Å². The molecule has 5 heterocycles. The van der Waals surface area contributed by atoms with E-state index in [1.165, 1.54) is 21.3 Å². The maximum absolute atomic E-state index is 14.1. The number of alkyl carbamates (subject to hydrolysis) is 2. The van der Waals surface area contributed by atoms with Crippen LogP contribution in [-0.4, -0.2) is 111 Å². The quantitative estimate of drug-likeness (QED) is 0.0843. The number of hydrogen-bond donors (Lipinski definition) is 5. The van der Waals surface area contributed by atoms with Gasteiger partial charge in [-0.3, -0.25) is 9.59 Å². The predicted molar refractivity (Wildman–Crippen MR) is 232 cm³/mol. The standard InChI is InChI=1S/C46H51N9O7/c1-27(60-2)40(53-46(59)62-4)44(57)55-22-8-12-39(55)42-49-26-37(51-42)31-19-15-29(16-20-31)28-13-17-30(18-14-28)36-25-48-41(50-36)38-11-7-21-54(38)43(56)35(52-45(58)61-3)23-32-24-47-34-10-6-5-9-33(32)34/h5-6,9-10,13-20,24-27,35,38-40,47H,7-8,11-12,21-23H2,1-4H3,(H,48,50)(H,49,51)(H,52,58)(H,53,59)/t27-,35+,38+,39+,40+/m1/s1. The molecule has 0 bridgehead atoms. The van der Waals surface area contributed by atoms with Gasteiger partial charge in [-0.2, -0.15) is 0 Å². The van der Waals surface area contributed by atoms with Crippen molar-refractivity contribution in [2.45, 2.75) is 69.3 Å². The first-order valence-corrected chi connectivity index (χ1v) is 20.8. The summed E-state index contributed by atoms with van der Waals surface area (Å²) in [6, 6.07) is 22.0. The van der Waals surface area contributed by atoms with Crippen molar-refractivity contribution in [3.05, 3.63) is 109 Å². The summed E-state index contributed by atoms with van der Waals surface area (Å²) in [7, 11) is 4.05. The zero-order chi connectivity index (χ0) is 43.3. The van der Waals surface area contributed by atoms with E-state index in [4.69, 9.17) is 19.2 Å². The highest BCUT2D eigenvalue weighted by atomic mass is 16.5. The second kappa shape index (κ2) is 18.4. The van der Waals surface area contributed by atoms with E-state index in [1.807, 2.05) is 59.6 Å². The maximum Gasteiger partial charge on any atom is 0.407 e. The number of rotatable bonds is 13. The highest BCUT2D eigenvalue weighted by Gasteiger charge is 2.39. The van der Waals surface area contributed by atoms with Crippen LogP contribution in [0.5, 0.6) is 0 Å². The van der Waals surface area contributed by atoms with Gasteiger partial charge in [0, 0.05) is 43.7 Å². The minimum absolute atomic E-state index is 0.186. The largest absolute Gasteiger partial charge is 0.453 e. The highest BCUT2D eigenvalue weighted by Crippen LogP contribution is 2.35. The number of para-hydroxylation sites is 1. The first-order valence-electron chi connectivity index (χ1n) is 20.8. The van der Waals surface area contributed by atoms with Crippen LogP contribution in [0.4, 0.5) is 9.59 Å². The van der Waals surface area contributed by atoms with E-state index < -0.39 is 30.4 Å². The molecule has 4 amide bonds. The number of aromatic nitrogens is 5. The normalized spacial score (nSPS) is 17.7. The van der Waals surface area contributed by atoms with Gasteiger partial charge in [-0.25, -0.2) is 19.6 Å². The molecular formula is C46H51N9O7. The van der Waals surface area contributed by atoms with Gasteiger partial charge in [0.25, 0.3) is 0 Å². The maximum atomic E-state index is 14.1. The number of fused-ring (bicyclic) bond motifs is 1. The van der Waals surface area contributed by atoms with Crippen molar-refractivity contribution >= 4 is 34.9 Å². The number of methoxy groups -OCH3 is 3. The van der Waals surface area contributed by atoms with Crippen LogP contribution in [0, 0.1) is 0 Å². The van der Waals surface area contributed by atoms with Crippen molar-refractivity contribution < 1.29 is 33.4 Å². The number of ether oxygens (including phenoxy) is 3. The lowest BCUT2D eigenvalue weighted by Crippen LogP contribution is -2.54. The van der Waals surface area contributed by atoms with Gasteiger partial charge in [0.15, 0.2) is 0 Å². The molecule has 8 rings (SSSR count). The fourth-order valence-corrected chi connectivity index (χ4v) is 8.62. The zero-order valence-electron chi connectivity index (χ0n) is 35.1. The number of amides is 4. The Morgan fingerprint density at radius 1 is 0.710 bits per heavy atom. The van der Waals surface area contributed by atoms with Gasteiger partial charge in [0.1, 0.15) is 23.7 Å². The lowest BCUT2D eigenvalue weighted by Gasteiger charge is -2.30. The van der Waals surface area contributed by atoms with Crippen LogP contribution in [0.25, 0.3) is 44.5 Å². The van der Waals surface area contributed by atoms with E-state index in [0.29, 0.717) is 31.2 Å². The molecule has 0 spiro atoms. The van der Waals surface area contributed by atoms with E-state index in [1.54, 1.807) is 24.2 Å². The number of likely N-dealkylation sites (tertiary alicyclic amines) is 2. The predicted octanol–water partition coefficient (Wildman–Crippen LogP) is 6.67. The summed E-state index contributed by atoms with van der Waals surface area (Å²) in [5.41, 5.74) is 7.55. The lowest BCUT2D eigenvalue weighted by atomic mass is 10.0. The summed E-state index contributed by atoms with van der Waals surface area (Å²) < 4.78 is 15.1. The van der Waals surface area contributed by atoms with Crippen LogP contribution in [0.2, 0.25) is 0 Å². The smallest absolute Gasteiger partial charge is 0.407 e. The number of hydrogen-bond acceptors (Lipinski definition) is 9. The Morgan fingerprint density at radius 2 is 1.23 bits per heavy atom. The number of carbonyl (C=O) groups is 4. The van der Waals surface area contributed by atoms with Crippen molar-refractivity contribution in [3.8, 4) is 33.6 Å². The van der Waals surface area contributed by atoms with Gasteiger partial charge in [-0.05, 0) is 66.5 Å². The fourth-order valence-electron chi connectivity index (χ4n) is 8.62. The summed E-state index contributed by atoms with van der Waals surface area (Å²) in [5, 5.41) is 6.40. The first kappa shape index (κ1) is 41.8. The number of aromatic amines is 3. The molecule has 322 valence electrons. The molecule has 2 fully saturated rings. The number of carbonyl (C=O) groups excluding carboxylic acids is 4. The molecule has 16 heteroatoms. The molecule has 0 radical (unpaired) electrons. The second-order valence-corrected chi connectivity index (χ2v) is 15.7. The van der Waals surface area contributed by atoms with E-state index in [-0.39, 0.29) is 23.9 Å². The average molecular weight is 842 g/mol. The molecule has 5 N–H and O–H groups in total. The first-order chi connectivity index (χ1) is 30.1. The monoisotopic (exact) mass is 841 g/mol. The molecule has 62 heavy (non-hydrogen) atoms. The van der Waals surface area contributed by atoms with E-state index in [2.05, 4.69) is 54.8 Å². The molecule has 0 saturated carbocycles. The van der Waals surface area contributed by atoms with Crippen molar-refractivity contribution in [1.29, 1.82) is 0 Å². The molecule has 3 aromatic carbocycles. The highest BCUT2D eigenvalue weighted by molar-refractivity contribution is 5.89. The van der Waals surface area contributed by atoms with Gasteiger partial charge in [-0.15, -0.1) is 0 Å². The van der Waals surface area contributed by atoms with E-state index in [9.17, 15) is 19.2 Å². The molecule has 5 atom stereocenters. The molecule has 2 aliphatic heterocycles. The summed E-state index contributed by atoms with van der Waals surface area (Å²) in [6.45, 7) is 2.82. The SMILES string of the molecule is COC(=O)N[C@@H](Cc1c[nH]c2ccccc12)C(=O)N1CCC[C@H]1c1ncc(-c2ccc(-c3ccc(-c4cnc([C@@H]5CCCN5C(=O)[C@@H](NC(=O)OC)[C@@H](C)OC)[nH]4)cc3)cc2)[nH]1. The topological polar surface area (TPSA) is 200 Å². The average Bonchev–Trinajstić information content (AvgIpc) is 4.17. The van der Waals surface area contributed by atoms with Crippen molar-refractivity contribution in [3.63, 3.8) is 0 Å². The van der Waals surface area contributed by atoms with Crippen molar-refractivity contribution in [2.24, 2.45) is 0 Å². The lowest BCUT2D eigenvalue weighted by molar-refractivity contribution is -0.137. The molecule has 3 aromatic heterocycles. The molecule has 0 aliphatic carbocycles. The van der Waals surface area contributed by atoms with Crippen LogP contribution in [0.3, 0.4) is 0 Å². The molecular weight excluding hydrogens is 791 g/mol. The zero-order valence-corrected chi connectivity index (χ0v) is 35.1. The van der Waals surface area contributed by atoms with Crippen LogP contribution in [-0.2, 0) is 30.2 Å². The second-order valence-electron chi connectivity index (χ2n) is 15.7. The Balaban J connectivity index is 0.921. The van der Waals surface area contributed by atoms with Crippen molar-refractivity contribution in [1.82, 2.24) is 45.4 Å². The van der Waals surface area contributed by atoms with E-state index >= 15 is 0 Å². The Labute approximate surface area is 358 Å². The Kier molecular flexibility index (Phi) is 12.4. The molecule has 16 nitrogen and oxygen atoms in total. The molecule has 2 saturated heterocycles. The third-order valence-corrected chi connectivity index (χ3v) is 12.1. The minimum Gasteiger partial charge on any atom is -0.453 e. The molecule has 2 aliphatic rings. The third kappa shape index (κ3) is 8.63. The van der Waals surface area contributed by atoms with Crippen LogP contribution < -0.4 is 10.6 Å². The molecule has 6 aromatic rings. The number of imidazole rings is 2.